The lowest BCUT2D eigenvalue weighted by molar-refractivity contribution is 0.177. The van der Waals surface area contributed by atoms with Crippen LogP contribution in [0.1, 0.15) is 6.92 Å². The fourth-order valence-electron chi connectivity index (χ4n) is 1.87. The molecule has 2 N–H and O–H groups in total. The molecule has 18 heavy (non-hydrogen) atoms. The number of urea groups is 1. The molecule has 0 unspecified atom stereocenters. The summed E-state index contributed by atoms with van der Waals surface area (Å²) >= 11 is 2.25. The molecule has 1 aliphatic heterocycles. The predicted molar refractivity (Wildman–Crippen MR) is 84.5 cm³/mol. The molecule has 1 aromatic rings. The van der Waals surface area contributed by atoms with Gasteiger partial charge in [-0.05, 0) is 53.8 Å². The van der Waals surface area contributed by atoms with Gasteiger partial charge in [-0.15, -0.1) is 12.4 Å². The first-order valence-corrected chi connectivity index (χ1v) is 6.78. The summed E-state index contributed by atoms with van der Waals surface area (Å²) in [5.41, 5.74) is 0.848. The zero-order valence-electron chi connectivity index (χ0n) is 10.1. The number of hydrogen-bond donors (Lipinski definition) is 2. The average Bonchev–Trinajstić information content (AvgIpc) is 2.32. The summed E-state index contributed by atoms with van der Waals surface area (Å²) in [5.74, 6) is 0. The topological polar surface area (TPSA) is 44.4 Å². The number of hydrogen-bond acceptors (Lipinski definition) is 2. The largest absolute Gasteiger partial charge is 0.322 e. The van der Waals surface area contributed by atoms with Crippen molar-refractivity contribution in [3.8, 4) is 0 Å². The van der Waals surface area contributed by atoms with Crippen molar-refractivity contribution < 1.29 is 4.79 Å². The third kappa shape index (κ3) is 4.00. The number of nitrogens with one attached hydrogen (secondary N) is 2. The van der Waals surface area contributed by atoms with E-state index in [-0.39, 0.29) is 24.5 Å². The zero-order valence-corrected chi connectivity index (χ0v) is 13.1. The Bertz CT molecular complexity index is 399. The van der Waals surface area contributed by atoms with Gasteiger partial charge in [0.05, 0.1) is 0 Å². The van der Waals surface area contributed by atoms with Crippen LogP contribution in [0.4, 0.5) is 10.5 Å². The highest BCUT2D eigenvalue weighted by atomic mass is 127. The normalized spacial score (nSPS) is 19.0. The van der Waals surface area contributed by atoms with Crippen LogP contribution in [0.25, 0.3) is 0 Å². The highest BCUT2D eigenvalue weighted by Gasteiger charge is 2.22. The van der Waals surface area contributed by atoms with Gasteiger partial charge in [0.1, 0.15) is 0 Å². The Morgan fingerprint density at radius 1 is 1.44 bits per heavy atom. The lowest BCUT2D eigenvalue weighted by atomic mass is 10.2. The molecule has 4 nitrogen and oxygen atoms in total. The Balaban J connectivity index is 0.00000162. The van der Waals surface area contributed by atoms with Crippen molar-refractivity contribution in [3.63, 3.8) is 0 Å². The van der Waals surface area contributed by atoms with Crippen molar-refractivity contribution in [1.29, 1.82) is 0 Å². The number of piperazine rings is 1. The Hall–Kier alpha value is -0.530. The zero-order chi connectivity index (χ0) is 12.3. The molecule has 0 saturated carbocycles. The molecular formula is C12H17ClIN3O. The second-order valence-electron chi connectivity index (χ2n) is 4.18. The maximum Gasteiger partial charge on any atom is 0.322 e. The van der Waals surface area contributed by atoms with E-state index in [4.69, 9.17) is 0 Å². The number of amides is 2. The van der Waals surface area contributed by atoms with Crippen LogP contribution in [0, 0.1) is 3.57 Å². The minimum Gasteiger partial charge on any atom is -0.319 e. The number of nitrogens with zero attached hydrogens (tertiary/aromatic N) is 1. The molecular weight excluding hydrogens is 365 g/mol. The van der Waals surface area contributed by atoms with Gasteiger partial charge >= 0.3 is 6.03 Å². The molecule has 1 saturated heterocycles. The number of benzene rings is 1. The minimum atomic E-state index is -0.0137. The molecule has 6 heteroatoms. The number of anilines is 1. The van der Waals surface area contributed by atoms with E-state index in [1.165, 1.54) is 0 Å². The molecule has 0 radical (unpaired) electrons. The van der Waals surface area contributed by atoms with Crippen molar-refractivity contribution in [1.82, 2.24) is 10.2 Å². The van der Waals surface area contributed by atoms with Crippen LogP contribution in [-0.4, -0.2) is 36.6 Å². The summed E-state index contributed by atoms with van der Waals surface area (Å²) in [5, 5.41) is 6.19. The van der Waals surface area contributed by atoms with E-state index in [2.05, 4.69) is 40.1 Å². The molecule has 1 atom stereocenters. The molecule has 1 heterocycles. The number of carbonyl (C=O) groups excluding carboxylic acids is 1. The van der Waals surface area contributed by atoms with Gasteiger partial charge in [0.2, 0.25) is 0 Å². The Labute approximate surface area is 127 Å². The SMILES string of the molecule is C[C@H]1CNCCN1C(=O)Nc1ccc(I)cc1.Cl. The van der Waals surface area contributed by atoms with Gasteiger partial charge in [0.15, 0.2) is 0 Å². The Morgan fingerprint density at radius 2 is 2.11 bits per heavy atom. The van der Waals surface area contributed by atoms with Gasteiger partial charge in [-0.3, -0.25) is 0 Å². The highest BCUT2D eigenvalue weighted by Crippen LogP contribution is 2.13. The number of rotatable bonds is 1. The molecule has 1 aromatic carbocycles. The first-order valence-electron chi connectivity index (χ1n) is 5.71. The van der Waals surface area contributed by atoms with E-state index in [9.17, 15) is 4.79 Å². The fraction of sp³-hybridized carbons (Fsp3) is 0.417. The summed E-state index contributed by atoms with van der Waals surface area (Å²) in [6.07, 6.45) is 0. The van der Waals surface area contributed by atoms with E-state index in [0.717, 1.165) is 28.9 Å². The Kier molecular flexibility index (Phi) is 6.17. The molecule has 0 aromatic heterocycles. The maximum atomic E-state index is 12.0. The van der Waals surface area contributed by atoms with Gasteiger partial charge in [-0.2, -0.15) is 0 Å². The monoisotopic (exact) mass is 381 g/mol. The summed E-state index contributed by atoms with van der Waals surface area (Å²) in [6, 6.07) is 8.04. The Morgan fingerprint density at radius 3 is 2.72 bits per heavy atom. The van der Waals surface area contributed by atoms with E-state index >= 15 is 0 Å². The van der Waals surface area contributed by atoms with Gasteiger partial charge in [0, 0.05) is 34.9 Å². The van der Waals surface area contributed by atoms with Crippen molar-refractivity contribution >= 4 is 46.7 Å². The van der Waals surface area contributed by atoms with Crippen LogP contribution in [0.5, 0.6) is 0 Å². The first kappa shape index (κ1) is 15.5. The van der Waals surface area contributed by atoms with E-state index in [0.29, 0.717) is 0 Å². The third-order valence-corrected chi connectivity index (χ3v) is 3.58. The molecule has 0 aliphatic carbocycles. The van der Waals surface area contributed by atoms with Gasteiger partial charge in [-0.1, -0.05) is 0 Å². The van der Waals surface area contributed by atoms with Gasteiger partial charge < -0.3 is 15.5 Å². The lowest BCUT2D eigenvalue weighted by Gasteiger charge is -2.33. The van der Waals surface area contributed by atoms with Crippen LogP contribution < -0.4 is 10.6 Å². The molecule has 2 amide bonds. The van der Waals surface area contributed by atoms with Gasteiger partial charge in [0.25, 0.3) is 0 Å². The summed E-state index contributed by atoms with van der Waals surface area (Å²) in [6.45, 7) is 4.54. The predicted octanol–water partition coefficient (Wildman–Crippen LogP) is 2.54. The third-order valence-electron chi connectivity index (χ3n) is 2.86. The van der Waals surface area contributed by atoms with Crippen LogP contribution in [-0.2, 0) is 0 Å². The first-order chi connectivity index (χ1) is 8.16. The molecule has 1 aliphatic rings. The molecule has 1 fully saturated rings. The van der Waals surface area contributed by atoms with Crippen molar-refractivity contribution in [2.75, 3.05) is 25.0 Å². The van der Waals surface area contributed by atoms with Crippen LogP contribution >= 0.6 is 35.0 Å². The molecule has 2 rings (SSSR count). The summed E-state index contributed by atoms with van der Waals surface area (Å²) < 4.78 is 1.16. The average molecular weight is 382 g/mol. The van der Waals surface area contributed by atoms with Crippen LogP contribution in [0.2, 0.25) is 0 Å². The maximum absolute atomic E-state index is 12.0. The highest BCUT2D eigenvalue weighted by molar-refractivity contribution is 14.1. The number of carbonyl (C=O) groups is 1. The molecule has 0 bridgehead atoms. The standard InChI is InChI=1S/C12H16IN3O.ClH/c1-9-8-14-6-7-16(9)12(17)15-11-4-2-10(13)3-5-11;/h2-5,9,14H,6-8H2,1H3,(H,15,17);1H/t9-;/m0./s1. The van der Waals surface area contributed by atoms with Crippen LogP contribution in [0.15, 0.2) is 24.3 Å². The van der Waals surface area contributed by atoms with E-state index in [1.54, 1.807) is 0 Å². The minimum absolute atomic E-state index is 0. The molecule has 0 spiro atoms. The van der Waals surface area contributed by atoms with E-state index < -0.39 is 0 Å². The molecule has 100 valence electrons. The smallest absolute Gasteiger partial charge is 0.319 e. The summed E-state index contributed by atoms with van der Waals surface area (Å²) in [4.78, 5) is 13.9. The number of halogens is 2. The lowest BCUT2D eigenvalue weighted by Crippen LogP contribution is -2.53. The second kappa shape index (κ2) is 7.16. The van der Waals surface area contributed by atoms with Crippen molar-refractivity contribution in [3.05, 3.63) is 27.8 Å². The summed E-state index contributed by atoms with van der Waals surface area (Å²) in [7, 11) is 0. The van der Waals surface area contributed by atoms with Crippen molar-refractivity contribution in [2.24, 2.45) is 0 Å². The quantitative estimate of drug-likeness (QED) is 0.734. The van der Waals surface area contributed by atoms with Crippen molar-refractivity contribution in [2.45, 2.75) is 13.0 Å². The van der Waals surface area contributed by atoms with Crippen LogP contribution in [0.3, 0.4) is 0 Å². The fourth-order valence-corrected chi connectivity index (χ4v) is 2.23. The van der Waals surface area contributed by atoms with Gasteiger partial charge in [-0.25, -0.2) is 4.79 Å². The van der Waals surface area contributed by atoms with E-state index in [1.807, 2.05) is 29.2 Å². The second-order valence-corrected chi connectivity index (χ2v) is 5.43.